The molecular formula is C18H17N5O3. The van der Waals surface area contributed by atoms with Crippen molar-refractivity contribution in [3.05, 3.63) is 69.5 Å². The van der Waals surface area contributed by atoms with Gasteiger partial charge in [-0.25, -0.2) is 10.4 Å². The summed E-state index contributed by atoms with van der Waals surface area (Å²) in [5.41, 5.74) is 5.29. The van der Waals surface area contributed by atoms with Crippen molar-refractivity contribution in [2.24, 2.45) is 5.10 Å². The predicted molar refractivity (Wildman–Crippen MR) is 98.3 cm³/mol. The second-order valence-corrected chi connectivity index (χ2v) is 5.65. The number of nitro benzene ring substituents is 1. The summed E-state index contributed by atoms with van der Waals surface area (Å²) in [4.78, 5) is 26.8. The number of nitrogens with one attached hydrogen (secondary N) is 1. The summed E-state index contributed by atoms with van der Waals surface area (Å²) in [5.74, 6) is 0.546. The van der Waals surface area contributed by atoms with Gasteiger partial charge >= 0.3 is 0 Å². The molecule has 3 rings (SSSR count). The van der Waals surface area contributed by atoms with Crippen molar-refractivity contribution in [2.75, 3.05) is 0 Å². The van der Waals surface area contributed by atoms with E-state index in [-0.39, 0.29) is 11.6 Å². The van der Waals surface area contributed by atoms with Gasteiger partial charge in [-0.05, 0) is 49.7 Å². The highest BCUT2D eigenvalue weighted by molar-refractivity contribution is 5.97. The van der Waals surface area contributed by atoms with Gasteiger partial charge in [0.05, 0.1) is 22.2 Å². The van der Waals surface area contributed by atoms with Crippen LogP contribution in [0.3, 0.4) is 0 Å². The van der Waals surface area contributed by atoms with Gasteiger partial charge in [-0.2, -0.15) is 5.10 Å². The second kappa shape index (κ2) is 7.14. The molecule has 0 fully saturated rings. The van der Waals surface area contributed by atoms with E-state index >= 15 is 0 Å². The van der Waals surface area contributed by atoms with Gasteiger partial charge in [0.15, 0.2) is 0 Å². The Bertz CT molecular complexity index is 1010. The minimum absolute atomic E-state index is 0.00120. The van der Waals surface area contributed by atoms with E-state index < -0.39 is 4.92 Å². The SMILES string of the molecule is CCn1c(C)nc2cc(C(=O)N/N=C/c3ccc([N+](=O)[O-])cc3)ccc21. The van der Waals surface area contributed by atoms with Crippen LogP contribution in [-0.4, -0.2) is 26.6 Å². The highest BCUT2D eigenvalue weighted by atomic mass is 16.6. The number of hydrogen-bond donors (Lipinski definition) is 1. The summed E-state index contributed by atoms with van der Waals surface area (Å²) in [6.07, 6.45) is 1.43. The number of hydrogen-bond acceptors (Lipinski definition) is 5. The van der Waals surface area contributed by atoms with Crippen LogP contribution in [0.4, 0.5) is 5.69 Å². The normalized spacial score (nSPS) is 11.2. The molecule has 0 bridgehead atoms. The van der Waals surface area contributed by atoms with E-state index in [1.165, 1.54) is 18.3 Å². The lowest BCUT2D eigenvalue weighted by Crippen LogP contribution is -2.17. The van der Waals surface area contributed by atoms with Crippen molar-refractivity contribution in [2.45, 2.75) is 20.4 Å². The van der Waals surface area contributed by atoms with Crippen molar-refractivity contribution in [3.63, 3.8) is 0 Å². The Hall–Kier alpha value is -3.55. The summed E-state index contributed by atoms with van der Waals surface area (Å²) in [7, 11) is 0. The van der Waals surface area contributed by atoms with Crippen molar-refractivity contribution in [1.82, 2.24) is 15.0 Å². The molecule has 3 aromatic rings. The number of carbonyl (C=O) groups excluding carboxylic acids is 1. The molecule has 0 atom stereocenters. The van der Waals surface area contributed by atoms with Crippen LogP contribution in [0.25, 0.3) is 11.0 Å². The quantitative estimate of drug-likeness (QED) is 0.433. The molecule has 0 radical (unpaired) electrons. The fraction of sp³-hybridized carbons (Fsp3) is 0.167. The van der Waals surface area contributed by atoms with E-state index in [4.69, 9.17) is 0 Å². The molecule has 132 valence electrons. The third-order valence-corrected chi connectivity index (χ3v) is 4.00. The molecule has 1 aromatic heterocycles. The van der Waals surface area contributed by atoms with Gasteiger partial charge in [-0.3, -0.25) is 14.9 Å². The van der Waals surface area contributed by atoms with Crippen LogP contribution < -0.4 is 5.43 Å². The van der Waals surface area contributed by atoms with E-state index in [0.29, 0.717) is 11.1 Å². The number of benzene rings is 2. The molecule has 0 spiro atoms. The zero-order valence-electron chi connectivity index (χ0n) is 14.3. The molecule has 1 N–H and O–H groups in total. The molecule has 8 nitrogen and oxygen atoms in total. The van der Waals surface area contributed by atoms with Crippen LogP contribution in [0, 0.1) is 17.0 Å². The van der Waals surface area contributed by atoms with Gasteiger partial charge in [-0.15, -0.1) is 0 Å². The highest BCUT2D eigenvalue weighted by Crippen LogP contribution is 2.17. The van der Waals surface area contributed by atoms with Crippen molar-refractivity contribution in [1.29, 1.82) is 0 Å². The summed E-state index contributed by atoms with van der Waals surface area (Å²) < 4.78 is 2.07. The maximum Gasteiger partial charge on any atom is 0.271 e. The topological polar surface area (TPSA) is 102 Å². The van der Waals surface area contributed by atoms with Gasteiger partial charge in [0.25, 0.3) is 11.6 Å². The molecule has 0 saturated heterocycles. The third kappa shape index (κ3) is 3.44. The fourth-order valence-electron chi connectivity index (χ4n) is 2.70. The number of fused-ring (bicyclic) bond motifs is 1. The minimum Gasteiger partial charge on any atom is -0.329 e. The average molecular weight is 351 g/mol. The predicted octanol–water partition coefficient (Wildman–Crippen LogP) is 3.04. The average Bonchev–Trinajstić information content (AvgIpc) is 2.96. The van der Waals surface area contributed by atoms with Crippen molar-refractivity contribution in [3.8, 4) is 0 Å². The van der Waals surface area contributed by atoms with Gasteiger partial charge in [0.2, 0.25) is 0 Å². The highest BCUT2D eigenvalue weighted by Gasteiger charge is 2.10. The van der Waals surface area contributed by atoms with Crippen LogP contribution >= 0.6 is 0 Å². The molecule has 0 aliphatic heterocycles. The van der Waals surface area contributed by atoms with Gasteiger partial charge < -0.3 is 4.57 Å². The largest absolute Gasteiger partial charge is 0.329 e. The van der Waals surface area contributed by atoms with E-state index in [9.17, 15) is 14.9 Å². The molecule has 1 heterocycles. The second-order valence-electron chi connectivity index (χ2n) is 5.65. The molecule has 0 aliphatic carbocycles. The fourth-order valence-corrected chi connectivity index (χ4v) is 2.70. The first kappa shape index (κ1) is 17.3. The van der Waals surface area contributed by atoms with Gasteiger partial charge in [-0.1, -0.05) is 0 Å². The van der Waals surface area contributed by atoms with E-state index in [0.717, 1.165) is 23.4 Å². The number of non-ortho nitro benzene ring substituents is 1. The Morgan fingerprint density at radius 1 is 1.31 bits per heavy atom. The minimum atomic E-state index is -0.472. The number of nitro groups is 1. The number of carbonyl (C=O) groups is 1. The Labute approximate surface area is 149 Å². The smallest absolute Gasteiger partial charge is 0.271 e. The zero-order chi connectivity index (χ0) is 18.7. The van der Waals surface area contributed by atoms with Crippen molar-refractivity contribution >= 4 is 28.8 Å². The molecule has 0 aliphatic rings. The molecule has 1 amide bonds. The van der Waals surface area contributed by atoms with E-state index in [2.05, 4.69) is 20.1 Å². The monoisotopic (exact) mass is 351 g/mol. The number of aromatic nitrogens is 2. The van der Waals surface area contributed by atoms with Crippen LogP contribution in [-0.2, 0) is 6.54 Å². The molecule has 8 heteroatoms. The Balaban J connectivity index is 1.71. The van der Waals surface area contributed by atoms with Crippen LogP contribution in [0.15, 0.2) is 47.6 Å². The van der Waals surface area contributed by atoms with Gasteiger partial charge in [0.1, 0.15) is 5.82 Å². The number of aryl methyl sites for hydroxylation is 2. The first-order valence-corrected chi connectivity index (χ1v) is 8.04. The van der Waals surface area contributed by atoms with Gasteiger partial charge in [0, 0.05) is 24.2 Å². The maximum atomic E-state index is 12.2. The van der Waals surface area contributed by atoms with E-state index in [1.807, 2.05) is 19.9 Å². The Morgan fingerprint density at radius 2 is 2.04 bits per heavy atom. The van der Waals surface area contributed by atoms with Crippen LogP contribution in [0.2, 0.25) is 0 Å². The molecule has 2 aromatic carbocycles. The molecule has 26 heavy (non-hydrogen) atoms. The summed E-state index contributed by atoms with van der Waals surface area (Å²) in [5, 5.41) is 14.5. The first-order valence-electron chi connectivity index (χ1n) is 8.04. The lowest BCUT2D eigenvalue weighted by molar-refractivity contribution is -0.384. The number of amides is 1. The van der Waals surface area contributed by atoms with Crippen LogP contribution in [0.5, 0.6) is 0 Å². The van der Waals surface area contributed by atoms with Crippen molar-refractivity contribution < 1.29 is 9.72 Å². The molecule has 0 unspecified atom stereocenters. The lowest BCUT2D eigenvalue weighted by atomic mass is 10.2. The Morgan fingerprint density at radius 3 is 2.69 bits per heavy atom. The number of hydrazone groups is 1. The van der Waals surface area contributed by atoms with E-state index in [1.54, 1.807) is 24.3 Å². The lowest BCUT2D eigenvalue weighted by Gasteiger charge is -2.03. The Kier molecular flexibility index (Phi) is 4.74. The summed E-state index contributed by atoms with van der Waals surface area (Å²) in [6.45, 7) is 4.78. The maximum absolute atomic E-state index is 12.2. The number of nitrogens with zero attached hydrogens (tertiary/aromatic N) is 4. The third-order valence-electron chi connectivity index (χ3n) is 4.00. The molecular weight excluding hydrogens is 334 g/mol. The summed E-state index contributed by atoms with van der Waals surface area (Å²) >= 11 is 0. The zero-order valence-corrected chi connectivity index (χ0v) is 14.3. The molecule has 0 saturated carbocycles. The first-order chi connectivity index (χ1) is 12.5. The summed E-state index contributed by atoms with van der Waals surface area (Å²) in [6, 6.07) is 11.2. The number of rotatable bonds is 5. The van der Waals surface area contributed by atoms with Crippen LogP contribution in [0.1, 0.15) is 28.7 Å². The number of imidazole rings is 1. The standard InChI is InChI=1S/C18H17N5O3/c1-3-22-12(2)20-16-10-14(6-9-17(16)22)18(24)21-19-11-13-4-7-15(8-5-13)23(25)26/h4-11H,3H2,1-2H3,(H,21,24)/b19-11+.